The summed E-state index contributed by atoms with van der Waals surface area (Å²) in [5, 5.41) is 0.655. The molecule has 2 unspecified atom stereocenters. The van der Waals surface area contributed by atoms with Gasteiger partial charge in [-0.15, -0.1) is 0 Å². The van der Waals surface area contributed by atoms with E-state index in [2.05, 4.69) is 0 Å². The van der Waals surface area contributed by atoms with Crippen LogP contribution >= 0.6 is 11.6 Å². The van der Waals surface area contributed by atoms with Gasteiger partial charge in [-0.2, -0.15) is 0 Å². The number of aryl methyl sites for hydroxylation is 1. The Morgan fingerprint density at radius 1 is 1.24 bits per heavy atom. The molecule has 2 rings (SSSR count). The summed E-state index contributed by atoms with van der Waals surface area (Å²) in [6.45, 7) is 3.90. The van der Waals surface area contributed by atoms with Gasteiger partial charge in [0.05, 0.1) is 0 Å². The molecule has 112 valence electrons. The van der Waals surface area contributed by atoms with Gasteiger partial charge in [-0.3, -0.25) is 0 Å². The number of halogens is 2. The predicted molar refractivity (Wildman–Crippen MR) is 84.2 cm³/mol. The molecule has 0 bridgehead atoms. The van der Waals surface area contributed by atoms with Gasteiger partial charge >= 0.3 is 0 Å². The first kappa shape index (κ1) is 15.8. The summed E-state index contributed by atoms with van der Waals surface area (Å²) < 4.78 is 19.5. The summed E-state index contributed by atoms with van der Waals surface area (Å²) in [6, 6.07) is 11.6. The van der Waals surface area contributed by atoms with E-state index in [0.717, 1.165) is 17.5 Å². The van der Waals surface area contributed by atoms with E-state index in [1.54, 1.807) is 12.1 Å². The predicted octanol–water partition coefficient (Wildman–Crippen LogP) is 4.64. The minimum absolute atomic E-state index is 0.220. The smallest absolute Gasteiger partial charge is 0.139 e. The molecule has 0 amide bonds. The molecular formula is C17H19ClFNO. The summed E-state index contributed by atoms with van der Waals surface area (Å²) in [5.41, 5.74) is 7.81. The Balaban J connectivity index is 2.33. The highest BCUT2D eigenvalue weighted by atomic mass is 35.5. The third kappa shape index (κ3) is 3.96. The summed E-state index contributed by atoms with van der Waals surface area (Å²) >= 11 is 5.95. The Bertz CT molecular complexity index is 617. The topological polar surface area (TPSA) is 35.2 Å². The van der Waals surface area contributed by atoms with Gasteiger partial charge in [0.15, 0.2) is 0 Å². The van der Waals surface area contributed by atoms with Crippen molar-refractivity contribution in [3.05, 3.63) is 64.4 Å². The molecular weight excluding hydrogens is 289 g/mol. The van der Waals surface area contributed by atoms with Gasteiger partial charge in [0.1, 0.15) is 17.7 Å². The van der Waals surface area contributed by atoms with E-state index in [1.165, 1.54) is 12.1 Å². The van der Waals surface area contributed by atoms with E-state index in [1.807, 2.05) is 32.0 Å². The molecule has 0 heterocycles. The molecule has 0 saturated carbocycles. The van der Waals surface area contributed by atoms with Crippen molar-refractivity contribution >= 4 is 11.6 Å². The minimum Gasteiger partial charge on any atom is -0.484 e. The fraction of sp³-hybridized carbons (Fsp3) is 0.294. The SMILES string of the molecule is CCC(N)C(Oc1ccc(Cl)cc1C)c1cccc(F)c1. The van der Waals surface area contributed by atoms with Gasteiger partial charge in [0.2, 0.25) is 0 Å². The molecule has 0 aliphatic carbocycles. The van der Waals surface area contributed by atoms with Crippen LogP contribution < -0.4 is 10.5 Å². The second kappa shape index (κ2) is 6.92. The molecule has 0 fully saturated rings. The van der Waals surface area contributed by atoms with Crippen molar-refractivity contribution in [1.82, 2.24) is 0 Å². The number of benzene rings is 2. The molecule has 0 radical (unpaired) electrons. The molecule has 0 aliphatic heterocycles. The molecule has 0 saturated heterocycles. The molecule has 2 aromatic rings. The lowest BCUT2D eigenvalue weighted by atomic mass is 10.0. The number of rotatable bonds is 5. The number of hydrogen-bond donors (Lipinski definition) is 1. The van der Waals surface area contributed by atoms with Gasteiger partial charge < -0.3 is 10.5 Å². The van der Waals surface area contributed by atoms with Gasteiger partial charge in [-0.1, -0.05) is 30.7 Å². The molecule has 2 N–H and O–H groups in total. The van der Waals surface area contributed by atoms with Crippen LogP contribution in [0.1, 0.15) is 30.6 Å². The van der Waals surface area contributed by atoms with Crippen LogP contribution in [0.3, 0.4) is 0 Å². The second-order valence-corrected chi connectivity index (χ2v) is 5.51. The van der Waals surface area contributed by atoms with Crippen molar-refractivity contribution in [1.29, 1.82) is 0 Å². The molecule has 2 atom stereocenters. The number of ether oxygens (including phenoxy) is 1. The Kier molecular flexibility index (Phi) is 5.21. The van der Waals surface area contributed by atoms with Crippen LogP contribution in [0, 0.1) is 12.7 Å². The number of nitrogens with two attached hydrogens (primary N) is 1. The highest BCUT2D eigenvalue weighted by molar-refractivity contribution is 6.30. The molecule has 4 heteroatoms. The zero-order chi connectivity index (χ0) is 15.4. The van der Waals surface area contributed by atoms with Crippen LogP contribution in [-0.4, -0.2) is 6.04 Å². The van der Waals surface area contributed by atoms with Gasteiger partial charge in [0.25, 0.3) is 0 Å². The summed E-state index contributed by atoms with van der Waals surface area (Å²) in [4.78, 5) is 0. The monoisotopic (exact) mass is 307 g/mol. The third-order valence-electron chi connectivity index (χ3n) is 3.43. The van der Waals surface area contributed by atoms with Gasteiger partial charge in [0, 0.05) is 11.1 Å². The average molecular weight is 308 g/mol. The van der Waals surface area contributed by atoms with Crippen molar-refractivity contribution in [2.24, 2.45) is 5.73 Å². The van der Waals surface area contributed by atoms with E-state index in [4.69, 9.17) is 22.1 Å². The van der Waals surface area contributed by atoms with E-state index >= 15 is 0 Å². The maximum atomic E-state index is 13.5. The quantitative estimate of drug-likeness (QED) is 0.873. The summed E-state index contributed by atoms with van der Waals surface area (Å²) in [6.07, 6.45) is 0.332. The molecule has 0 aromatic heterocycles. The van der Waals surface area contributed by atoms with Crippen LogP contribution in [0.5, 0.6) is 5.75 Å². The van der Waals surface area contributed by atoms with E-state index in [-0.39, 0.29) is 11.9 Å². The Labute approximate surface area is 129 Å². The highest BCUT2D eigenvalue weighted by Gasteiger charge is 2.21. The normalized spacial score (nSPS) is 13.8. The van der Waals surface area contributed by atoms with Crippen molar-refractivity contribution in [2.45, 2.75) is 32.4 Å². The Hall–Kier alpha value is -1.58. The first-order chi connectivity index (χ1) is 10.0. The lowest BCUT2D eigenvalue weighted by Gasteiger charge is -2.25. The maximum Gasteiger partial charge on any atom is 0.139 e. The van der Waals surface area contributed by atoms with E-state index < -0.39 is 6.10 Å². The standard InChI is InChI=1S/C17H19ClFNO/c1-3-15(20)17(12-5-4-6-14(19)10-12)21-16-8-7-13(18)9-11(16)2/h4-10,15,17H,3,20H2,1-2H3. The fourth-order valence-corrected chi connectivity index (χ4v) is 2.41. The van der Waals surface area contributed by atoms with Crippen LogP contribution in [0.4, 0.5) is 4.39 Å². The summed E-state index contributed by atoms with van der Waals surface area (Å²) in [5.74, 6) is 0.412. The Morgan fingerprint density at radius 2 is 2.00 bits per heavy atom. The molecule has 2 aromatic carbocycles. The lowest BCUT2D eigenvalue weighted by molar-refractivity contribution is 0.169. The zero-order valence-corrected chi connectivity index (χ0v) is 12.9. The fourth-order valence-electron chi connectivity index (χ4n) is 2.18. The maximum absolute atomic E-state index is 13.5. The molecule has 2 nitrogen and oxygen atoms in total. The molecule has 0 spiro atoms. The highest BCUT2D eigenvalue weighted by Crippen LogP contribution is 2.29. The van der Waals surface area contributed by atoms with Gasteiger partial charge in [-0.05, 0) is 54.8 Å². The molecule has 21 heavy (non-hydrogen) atoms. The summed E-state index contributed by atoms with van der Waals surface area (Å²) in [7, 11) is 0. The third-order valence-corrected chi connectivity index (χ3v) is 3.66. The first-order valence-corrected chi connectivity index (χ1v) is 7.33. The largest absolute Gasteiger partial charge is 0.484 e. The number of hydrogen-bond acceptors (Lipinski definition) is 2. The van der Waals surface area contributed by atoms with Crippen molar-refractivity contribution in [3.63, 3.8) is 0 Å². The van der Waals surface area contributed by atoms with Crippen LogP contribution in [0.25, 0.3) is 0 Å². The van der Waals surface area contributed by atoms with Crippen molar-refractivity contribution in [2.75, 3.05) is 0 Å². The van der Waals surface area contributed by atoms with Crippen molar-refractivity contribution in [3.8, 4) is 5.75 Å². The van der Waals surface area contributed by atoms with Crippen LogP contribution in [0.15, 0.2) is 42.5 Å². The lowest BCUT2D eigenvalue weighted by Crippen LogP contribution is -2.31. The van der Waals surface area contributed by atoms with E-state index in [9.17, 15) is 4.39 Å². The molecule has 0 aliphatic rings. The first-order valence-electron chi connectivity index (χ1n) is 6.95. The second-order valence-electron chi connectivity index (χ2n) is 5.08. The minimum atomic E-state index is -0.398. The average Bonchev–Trinajstić information content (AvgIpc) is 2.45. The van der Waals surface area contributed by atoms with Crippen LogP contribution in [-0.2, 0) is 0 Å². The van der Waals surface area contributed by atoms with Crippen LogP contribution in [0.2, 0.25) is 5.02 Å². The van der Waals surface area contributed by atoms with Crippen molar-refractivity contribution < 1.29 is 9.13 Å². The van der Waals surface area contributed by atoms with Gasteiger partial charge in [-0.25, -0.2) is 4.39 Å². The Morgan fingerprint density at radius 3 is 2.62 bits per heavy atom. The zero-order valence-electron chi connectivity index (χ0n) is 12.1. The van der Waals surface area contributed by atoms with E-state index in [0.29, 0.717) is 10.8 Å².